The Labute approximate surface area is 124 Å². The van der Waals surface area contributed by atoms with E-state index < -0.39 is 6.10 Å². The number of hydrogen-bond acceptors (Lipinski definition) is 3. The highest BCUT2D eigenvalue weighted by Gasteiger charge is 2.31. The molecule has 1 heterocycles. The topological polar surface area (TPSA) is 50.4 Å². The molecule has 4 unspecified atom stereocenters. The molecular weight excluding hydrogens is 252 g/mol. The first-order chi connectivity index (χ1) is 9.29. The largest absolute Gasteiger partial charge is 0.364 e. The fourth-order valence-electron chi connectivity index (χ4n) is 2.56. The zero-order valence-corrected chi connectivity index (χ0v) is 14.0. The summed E-state index contributed by atoms with van der Waals surface area (Å²) >= 11 is 0. The summed E-state index contributed by atoms with van der Waals surface area (Å²) in [6.45, 7) is 12.4. The van der Waals surface area contributed by atoms with Gasteiger partial charge in [0.1, 0.15) is 6.10 Å². The number of ether oxygens (including phenoxy) is 1. The van der Waals surface area contributed by atoms with Crippen molar-refractivity contribution in [3.05, 3.63) is 0 Å². The normalized spacial score (nSPS) is 29.0. The Morgan fingerprint density at radius 2 is 2.05 bits per heavy atom. The van der Waals surface area contributed by atoms with Crippen LogP contribution in [0.15, 0.2) is 0 Å². The van der Waals surface area contributed by atoms with Crippen molar-refractivity contribution in [2.75, 3.05) is 0 Å². The summed E-state index contributed by atoms with van der Waals surface area (Å²) < 4.78 is 6.02. The van der Waals surface area contributed by atoms with E-state index in [1.165, 1.54) is 0 Å². The van der Waals surface area contributed by atoms with Gasteiger partial charge in [-0.2, -0.15) is 0 Å². The summed E-state index contributed by atoms with van der Waals surface area (Å²) in [5.74, 6) is -0.00896. The molecule has 1 aliphatic heterocycles. The number of carbonyl (C=O) groups is 1. The molecule has 1 rings (SSSR count). The van der Waals surface area contributed by atoms with Gasteiger partial charge in [-0.15, -0.1) is 0 Å². The molecule has 4 atom stereocenters. The standard InChI is InChI=1S/C16H32N2O2/c1-7-13-14(10-9-11(3)17-13)20-12(4)15(19)18-16(5,6)8-2/h11-14,17H,7-10H2,1-6H3,(H,18,19). The van der Waals surface area contributed by atoms with E-state index >= 15 is 0 Å². The molecule has 0 aliphatic carbocycles. The van der Waals surface area contributed by atoms with E-state index in [0.29, 0.717) is 12.1 Å². The van der Waals surface area contributed by atoms with Crippen molar-refractivity contribution >= 4 is 5.91 Å². The van der Waals surface area contributed by atoms with Gasteiger partial charge in [0, 0.05) is 17.6 Å². The SMILES string of the molecule is CCC1NC(C)CCC1OC(C)C(=O)NC(C)(C)CC. The van der Waals surface area contributed by atoms with Crippen molar-refractivity contribution in [1.82, 2.24) is 10.6 Å². The van der Waals surface area contributed by atoms with E-state index in [9.17, 15) is 4.79 Å². The van der Waals surface area contributed by atoms with Crippen LogP contribution in [0.5, 0.6) is 0 Å². The summed E-state index contributed by atoms with van der Waals surface area (Å²) in [6.07, 6.45) is 3.82. The third-order valence-corrected chi connectivity index (χ3v) is 4.37. The second-order valence-electron chi connectivity index (χ2n) is 6.70. The van der Waals surface area contributed by atoms with E-state index in [0.717, 1.165) is 25.7 Å². The maximum atomic E-state index is 12.2. The molecular formula is C16H32N2O2. The second kappa shape index (κ2) is 7.41. The van der Waals surface area contributed by atoms with Gasteiger partial charge in [-0.25, -0.2) is 0 Å². The van der Waals surface area contributed by atoms with Gasteiger partial charge < -0.3 is 15.4 Å². The van der Waals surface area contributed by atoms with Crippen LogP contribution in [-0.4, -0.2) is 35.7 Å². The highest BCUT2D eigenvalue weighted by Crippen LogP contribution is 2.20. The molecule has 1 amide bonds. The van der Waals surface area contributed by atoms with Crippen LogP contribution in [0.3, 0.4) is 0 Å². The molecule has 20 heavy (non-hydrogen) atoms. The van der Waals surface area contributed by atoms with Crippen molar-refractivity contribution in [3.8, 4) is 0 Å². The Kier molecular flexibility index (Phi) is 6.46. The minimum absolute atomic E-state index is 0.00896. The van der Waals surface area contributed by atoms with Gasteiger partial charge in [0.05, 0.1) is 6.10 Å². The molecule has 118 valence electrons. The van der Waals surface area contributed by atoms with Gasteiger partial charge in [-0.05, 0) is 53.4 Å². The van der Waals surface area contributed by atoms with Crippen LogP contribution >= 0.6 is 0 Å². The van der Waals surface area contributed by atoms with Gasteiger partial charge in [-0.3, -0.25) is 4.79 Å². The Morgan fingerprint density at radius 3 is 2.60 bits per heavy atom. The summed E-state index contributed by atoms with van der Waals surface area (Å²) in [5, 5.41) is 6.62. The molecule has 1 aliphatic rings. The number of hydrogen-bond donors (Lipinski definition) is 2. The van der Waals surface area contributed by atoms with Crippen molar-refractivity contribution in [2.24, 2.45) is 0 Å². The Hall–Kier alpha value is -0.610. The van der Waals surface area contributed by atoms with Crippen LogP contribution in [0.4, 0.5) is 0 Å². The lowest BCUT2D eigenvalue weighted by molar-refractivity contribution is -0.139. The predicted octanol–water partition coefficient (Wildman–Crippen LogP) is 2.62. The molecule has 0 spiro atoms. The second-order valence-corrected chi connectivity index (χ2v) is 6.70. The molecule has 1 fully saturated rings. The van der Waals surface area contributed by atoms with E-state index in [1.807, 2.05) is 20.8 Å². The molecule has 0 aromatic carbocycles. The van der Waals surface area contributed by atoms with Gasteiger partial charge in [0.15, 0.2) is 0 Å². The molecule has 2 N–H and O–H groups in total. The van der Waals surface area contributed by atoms with E-state index in [2.05, 4.69) is 31.4 Å². The lowest BCUT2D eigenvalue weighted by atomic mass is 9.94. The molecule has 0 saturated carbocycles. The van der Waals surface area contributed by atoms with Crippen molar-refractivity contribution in [1.29, 1.82) is 0 Å². The fraction of sp³-hybridized carbons (Fsp3) is 0.938. The van der Waals surface area contributed by atoms with Crippen molar-refractivity contribution < 1.29 is 9.53 Å². The van der Waals surface area contributed by atoms with E-state index in [1.54, 1.807) is 0 Å². The van der Waals surface area contributed by atoms with Crippen LogP contribution in [0.2, 0.25) is 0 Å². The smallest absolute Gasteiger partial charge is 0.249 e. The molecule has 0 aromatic heterocycles. The Bertz CT molecular complexity index is 318. The highest BCUT2D eigenvalue weighted by atomic mass is 16.5. The molecule has 0 bridgehead atoms. The van der Waals surface area contributed by atoms with Crippen LogP contribution < -0.4 is 10.6 Å². The number of amides is 1. The summed E-state index contributed by atoms with van der Waals surface area (Å²) in [5.41, 5.74) is -0.168. The number of piperidine rings is 1. The summed E-state index contributed by atoms with van der Waals surface area (Å²) in [7, 11) is 0. The van der Waals surface area contributed by atoms with E-state index in [-0.39, 0.29) is 17.6 Å². The molecule has 1 saturated heterocycles. The first kappa shape index (κ1) is 17.4. The Balaban J connectivity index is 2.52. The lowest BCUT2D eigenvalue weighted by Crippen LogP contribution is -2.53. The third kappa shape index (κ3) is 5.06. The first-order valence-corrected chi connectivity index (χ1v) is 8.02. The van der Waals surface area contributed by atoms with Gasteiger partial charge in [0.25, 0.3) is 0 Å². The monoisotopic (exact) mass is 284 g/mol. The van der Waals surface area contributed by atoms with Crippen molar-refractivity contribution in [3.63, 3.8) is 0 Å². The molecule has 4 heteroatoms. The zero-order valence-electron chi connectivity index (χ0n) is 14.0. The predicted molar refractivity (Wildman–Crippen MR) is 82.8 cm³/mol. The summed E-state index contributed by atoms with van der Waals surface area (Å²) in [6, 6.07) is 0.899. The number of rotatable bonds is 6. The number of nitrogens with one attached hydrogen (secondary N) is 2. The van der Waals surface area contributed by atoms with Gasteiger partial charge in [0.2, 0.25) is 5.91 Å². The van der Waals surface area contributed by atoms with Crippen LogP contribution in [-0.2, 0) is 9.53 Å². The summed E-state index contributed by atoms with van der Waals surface area (Å²) in [4.78, 5) is 12.2. The minimum atomic E-state index is -0.393. The maximum Gasteiger partial charge on any atom is 0.249 e. The van der Waals surface area contributed by atoms with Gasteiger partial charge in [-0.1, -0.05) is 13.8 Å². The fourth-order valence-corrected chi connectivity index (χ4v) is 2.56. The first-order valence-electron chi connectivity index (χ1n) is 8.02. The zero-order chi connectivity index (χ0) is 15.3. The van der Waals surface area contributed by atoms with Crippen LogP contribution in [0.1, 0.15) is 67.2 Å². The average molecular weight is 284 g/mol. The number of carbonyl (C=O) groups excluding carboxylic acids is 1. The molecule has 0 radical (unpaired) electrons. The van der Waals surface area contributed by atoms with E-state index in [4.69, 9.17) is 4.74 Å². The highest BCUT2D eigenvalue weighted by molar-refractivity contribution is 5.81. The molecule has 0 aromatic rings. The molecule has 4 nitrogen and oxygen atoms in total. The van der Waals surface area contributed by atoms with Crippen LogP contribution in [0.25, 0.3) is 0 Å². The average Bonchev–Trinajstić information content (AvgIpc) is 2.40. The van der Waals surface area contributed by atoms with Crippen molar-refractivity contribution in [2.45, 2.75) is 97.1 Å². The van der Waals surface area contributed by atoms with Gasteiger partial charge >= 0.3 is 0 Å². The van der Waals surface area contributed by atoms with Crippen LogP contribution in [0, 0.1) is 0 Å². The third-order valence-electron chi connectivity index (χ3n) is 4.37. The minimum Gasteiger partial charge on any atom is -0.364 e. The lowest BCUT2D eigenvalue weighted by Gasteiger charge is -2.37. The maximum absolute atomic E-state index is 12.2. The Morgan fingerprint density at radius 1 is 1.40 bits per heavy atom. The quantitative estimate of drug-likeness (QED) is 0.788.